The van der Waals surface area contributed by atoms with Gasteiger partial charge in [0.1, 0.15) is 0 Å². The first-order valence-electron chi connectivity index (χ1n) is 9.91. The maximum Gasteiger partial charge on any atom is 0.245 e. The highest BCUT2D eigenvalue weighted by molar-refractivity contribution is 7.77. The van der Waals surface area contributed by atoms with E-state index in [2.05, 4.69) is 20.1 Å². The Labute approximate surface area is 186 Å². The number of likely N-dealkylation sites (N-methyl/N-ethyl adjacent to an activating group) is 1. The van der Waals surface area contributed by atoms with Crippen LogP contribution in [0.15, 0.2) is 60.8 Å². The van der Waals surface area contributed by atoms with Crippen LogP contribution in [0.25, 0.3) is 16.8 Å². The van der Waals surface area contributed by atoms with Gasteiger partial charge in [0.15, 0.2) is 0 Å². The van der Waals surface area contributed by atoms with E-state index < -0.39 is 11.3 Å². The van der Waals surface area contributed by atoms with Gasteiger partial charge in [-0.3, -0.25) is 9.00 Å². The number of hydrogen-bond donors (Lipinski definition) is 2. The summed E-state index contributed by atoms with van der Waals surface area (Å²) in [6.45, 7) is 0.213. The number of nitrogens with zero attached hydrogens (tertiary/aromatic N) is 4. The number of nitrogens with one attached hydrogen (secondary N) is 2. The molecule has 1 unspecified atom stereocenters. The van der Waals surface area contributed by atoms with Crippen LogP contribution in [0.4, 0.5) is 17.3 Å². The summed E-state index contributed by atoms with van der Waals surface area (Å²) in [5.74, 6) is 0.498. The zero-order valence-corrected chi connectivity index (χ0v) is 17.9. The summed E-state index contributed by atoms with van der Waals surface area (Å²) in [5, 5.41) is 7.85. The fourth-order valence-electron chi connectivity index (χ4n) is 3.84. The van der Waals surface area contributed by atoms with Gasteiger partial charge in [0.25, 0.3) is 0 Å². The fourth-order valence-corrected chi connectivity index (χ4v) is 4.12. The van der Waals surface area contributed by atoms with Crippen molar-refractivity contribution in [2.45, 2.75) is 13.0 Å². The SMILES string of the molecule is CN1C(=O)Cc2cc(Nc3ncc4ccc(-c5cccc(CNS(=O)[O-])c5)n4n3)ccc21. The molecule has 32 heavy (non-hydrogen) atoms. The summed E-state index contributed by atoms with van der Waals surface area (Å²) in [5.41, 5.74) is 6.12. The van der Waals surface area contributed by atoms with Gasteiger partial charge < -0.3 is 14.8 Å². The normalized spacial score (nSPS) is 14.1. The monoisotopic (exact) mass is 447 g/mol. The molecule has 0 bridgehead atoms. The number of fused-ring (bicyclic) bond motifs is 2. The van der Waals surface area contributed by atoms with Crippen LogP contribution in [0.1, 0.15) is 11.1 Å². The third-order valence-electron chi connectivity index (χ3n) is 5.43. The second kappa shape index (κ2) is 8.15. The summed E-state index contributed by atoms with van der Waals surface area (Å²) in [6, 6.07) is 17.2. The minimum absolute atomic E-state index is 0.0747. The smallest absolute Gasteiger partial charge is 0.245 e. The lowest BCUT2D eigenvalue weighted by Crippen LogP contribution is -2.20. The average molecular weight is 448 g/mol. The van der Waals surface area contributed by atoms with Gasteiger partial charge in [0.2, 0.25) is 11.9 Å². The molecule has 5 rings (SSSR count). The zero-order chi connectivity index (χ0) is 22.2. The summed E-state index contributed by atoms with van der Waals surface area (Å²) >= 11 is -2.31. The molecule has 1 aliphatic heterocycles. The first kappa shape index (κ1) is 20.3. The van der Waals surface area contributed by atoms with Crippen LogP contribution in [0.5, 0.6) is 0 Å². The van der Waals surface area contributed by atoms with Crippen molar-refractivity contribution < 1.29 is 13.6 Å². The van der Waals surface area contributed by atoms with E-state index in [-0.39, 0.29) is 12.5 Å². The molecule has 0 saturated carbocycles. The average Bonchev–Trinajstić information content (AvgIpc) is 3.32. The van der Waals surface area contributed by atoms with E-state index in [1.54, 1.807) is 22.7 Å². The molecule has 2 aromatic heterocycles. The molecule has 3 heterocycles. The predicted octanol–water partition coefficient (Wildman–Crippen LogP) is 2.54. The number of benzene rings is 2. The summed E-state index contributed by atoms with van der Waals surface area (Å²) in [4.78, 5) is 18.0. The number of carbonyl (C=O) groups excluding carboxylic acids is 1. The lowest BCUT2D eigenvalue weighted by molar-refractivity contribution is -0.117. The molecule has 2 N–H and O–H groups in total. The molecule has 1 aliphatic rings. The Morgan fingerprint density at radius 2 is 2.03 bits per heavy atom. The van der Waals surface area contributed by atoms with Crippen molar-refractivity contribution in [2.75, 3.05) is 17.3 Å². The summed E-state index contributed by atoms with van der Waals surface area (Å²) < 4.78 is 25.7. The van der Waals surface area contributed by atoms with Gasteiger partial charge >= 0.3 is 0 Å². The lowest BCUT2D eigenvalue weighted by Gasteiger charge is -2.11. The maximum absolute atomic E-state index is 11.9. The van der Waals surface area contributed by atoms with E-state index in [1.807, 2.05) is 54.6 Å². The Bertz CT molecular complexity index is 1370. The van der Waals surface area contributed by atoms with Gasteiger partial charge in [-0.25, -0.2) is 14.2 Å². The fraction of sp³-hybridized carbons (Fsp3) is 0.136. The van der Waals surface area contributed by atoms with Crippen LogP contribution in [-0.4, -0.2) is 36.3 Å². The van der Waals surface area contributed by atoms with Crippen LogP contribution in [0.2, 0.25) is 0 Å². The molecule has 0 spiro atoms. The molecule has 4 aromatic rings. The van der Waals surface area contributed by atoms with Gasteiger partial charge in [-0.1, -0.05) is 18.2 Å². The molecular formula is C22H19N6O3S-. The van der Waals surface area contributed by atoms with Crippen LogP contribution < -0.4 is 14.9 Å². The molecule has 162 valence electrons. The van der Waals surface area contributed by atoms with Crippen molar-refractivity contribution in [3.63, 3.8) is 0 Å². The third kappa shape index (κ3) is 3.86. The van der Waals surface area contributed by atoms with Gasteiger partial charge in [0.05, 0.1) is 23.8 Å². The van der Waals surface area contributed by atoms with Gasteiger partial charge in [-0.05, 0) is 47.5 Å². The van der Waals surface area contributed by atoms with E-state index in [1.165, 1.54) is 0 Å². The molecule has 0 fully saturated rings. The minimum Gasteiger partial charge on any atom is -0.760 e. The van der Waals surface area contributed by atoms with Crippen LogP contribution in [-0.2, 0) is 29.0 Å². The maximum atomic E-state index is 11.9. The topological polar surface area (TPSA) is 115 Å². The Kier molecular flexibility index (Phi) is 5.17. The highest BCUT2D eigenvalue weighted by Gasteiger charge is 2.24. The Morgan fingerprint density at radius 1 is 1.16 bits per heavy atom. The summed E-state index contributed by atoms with van der Waals surface area (Å²) in [7, 11) is 1.77. The second-order valence-corrected chi connectivity index (χ2v) is 8.25. The van der Waals surface area contributed by atoms with Crippen LogP contribution in [0, 0.1) is 0 Å². The quantitative estimate of drug-likeness (QED) is 0.439. The van der Waals surface area contributed by atoms with Gasteiger partial charge in [-0.15, -0.1) is 5.10 Å². The molecule has 1 amide bonds. The molecule has 10 heteroatoms. The van der Waals surface area contributed by atoms with Gasteiger partial charge in [-0.2, -0.15) is 0 Å². The van der Waals surface area contributed by atoms with Crippen molar-refractivity contribution in [1.29, 1.82) is 0 Å². The Morgan fingerprint density at radius 3 is 2.88 bits per heavy atom. The highest BCUT2D eigenvalue weighted by atomic mass is 32.2. The van der Waals surface area contributed by atoms with E-state index in [4.69, 9.17) is 0 Å². The standard InChI is InChI=1S/C22H20N6O3S/c1-27-19-7-5-17(10-16(19)11-21(27)29)25-22-23-13-18-6-8-20(28(18)26-22)15-4-2-3-14(9-15)12-24-32(30)31/h2-10,13,24H,11-12H2,1H3,(H,25,26)(H,30,31)/p-1. The van der Waals surface area contributed by atoms with E-state index >= 15 is 0 Å². The second-order valence-electron chi connectivity index (χ2n) is 7.49. The third-order valence-corrected chi connectivity index (χ3v) is 5.81. The number of aromatic nitrogens is 3. The number of rotatable bonds is 6. The number of amides is 1. The molecule has 9 nitrogen and oxygen atoms in total. The minimum atomic E-state index is -2.31. The first-order chi connectivity index (χ1) is 15.5. The van der Waals surface area contributed by atoms with E-state index in [0.29, 0.717) is 12.4 Å². The number of hydrogen-bond acceptors (Lipinski definition) is 6. The number of carbonyl (C=O) groups is 1. The van der Waals surface area contributed by atoms with Crippen molar-refractivity contribution in [1.82, 2.24) is 19.3 Å². The Hall–Kier alpha value is -3.60. The molecule has 0 aliphatic carbocycles. The number of anilines is 3. The molecule has 1 atom stereocenters. The van der Waals surface area contributed by atoms with Crippen molar-refractivity contribution in [2.24, 2.45) is 0 Å². The molecule has 0 saturated heterocycles. The van der Waals surface area contributed by atoms with Crippen molar-refractivity contribution in [3.05, 3.63) is 71.9 Å². The summed E-state index contributed by atoms with van der Waals surface area (Å²) in [6.07, 6.45) is 2.11. The predicted molar refractivity (Wildman–Crippen MR) is 121 cm³/mol. The van der Waals surface area contributed by atoms with Crippen molar-refractivity contribution >= 4 is 40.0 Å². The zero-order valence-electron chi connectivity index (χ0n) is 17.1. The molecular weight excluding hydrogens is 428 g/mol. The van der Waals surface area contributed by atoms with Crippen LogP contribution >= 0.6 is 0 Å². The van der Waals surface area contributed by atoms with Crippen LogP contribution in [0.3, 0.4) is 0 Å². The Balaban J connectivity index is 1.44. The largest absolute Gasteiger partial charge is 0.760 e. The van der Waals surface area contributed by atoms with E-state index in [9.17, 15) is 13.6 Å². The molecule has 0 radical (unpaired) electrons. The first-order valence-corrected chi connectivity index (χ1v) is 11.0. The lowest BCUT2D eigenvalue weighted by atomic mass is 10.1. The highest BCUT2D eigenvalue weighted by Crippen LogP contribution is 2.31. The van der Waals surface area contributed by atoms with E-state index in [0.717, 1.165) is 39.3 Å². The van der Waals surface area contributed by atoms with Gasteiger partial charge in [0, 0.05) is 41.8 Å². The van der Waals surface area contributed by atoms with Crippen molar-refractivity contribution in [3.8, 4) is 11.3 Å². The molecule has 2 aromatic carbocycles.